The Bertz CT molecular complexity index is 699. The summed E-state index contributed by atoms with van der Waals surface area (Å²) in [4.78, 5) is 28.1. The van der Waals surface area contributed by atoms with Gasteiger partial charge in [-0.1, -0.05) is 0 Å². The fourth-order valence-electron chi connectivity index (χ4n) is 1.81. The Morgan fingerprint density at radius 1 is 1.36 bits per heavy atom. The summed E-state index contributed by atoms with van der Waals surface area (Å²) >= 11 is 3.28. The Hall–Kier alpha value is -2.35. The van der Waals surface area contributed by atoms with E-state index < -0.39 is 11.8 Å². The van der Waals surface area contributed by atoms with E-state index in [9.17, 15) is 9.59 Å². The van der Waals surface area contributed by atoms with E-state index in [-0.39, 0.29) is 11.4 Å². The molecule has 2 N–H and O–H groups in total. The quantitative estimate of drug-likeness (QED) is 0.805. The van der Waals surface area contributed by atoms with Crippen LogP contribution in [0.2, 0.25) is 0 Å². The minimum Gasteiger partial charge on any atom is -0.477 e. The van der Waals surface area contributed by atoms with Crippen molar-refractivity contribution in [2.75, 3.05) is 6.61 Å². The summed E-state index contributed by atoms with van der Waals surface area (Å²) in [5, 5.41) is 0. The highest BCUT2D eigenvalue weighted by Crippen LogP contribution is 2.14. The normalized spacial score (nSPS) is 10.1. The maximum atomic E-state index is 12.1. The summed E-state index contributed by atoms with van der Waals surface area (Å²) < 4.78 is 7.69. The highest BCUT2D eigenvalue weighted by Gasteiger charge is 2.16. The molecule has 0 bridgehead atoms. The van der Waals surface area contributed by atoms with Crippen LogP contribution in [0.25, 0.3) is 0 Å². The maximum absolute atomic E-state index is 12.1. The molecule has 2 aromatic heterocycles. The Kier molecular flexibility index (Phi) is 5.16. The Morgan fingerprint density at radius 2 is 2.09 bits per heavy atom. The summed E-state index contributed by atoms with van der Waals surface area (Å²) in [7, 11) is 1.73. The lowest BCUT2D eigenvalue weighted by Gasteiger charge is -2.10. The van der Waals surface area contributed by atoms with E-state index in [0.29, 0.717) is 12.3 Å². The molecule has 7 nitrogen and oxygen atoms in total. The van der Waals surface area contributed by atoms with E-state index in [1.165, 1.54) is 6.20 Å². The lowest BCUT2D eigenvalue weighted by Crippen LogP contribution is -2.42. The van der Waals surface area contributed by atoms with Gasteiger partial charge in [-0.3, -0.25) is 20.4 Å². The summed E-state index contributed by atoms with van der Waals surface area (Å²) in [6.07, 6.45) is 3.27. The molecule has 2 rings (SSSR count). The van der Waals surface area contributed by atoms with E-state index in [4.69, 9.17) is 4.74 Å². The van der Waals surface area contributed by atoms with Crippen molar-refractivity contribution in [2.24, 2.45) is 7.05 Å². The van der Waals surface area contributed by atoms with E-state index in [1.54, 1.807) is 42.9 Å². The summed E-state index contributed by atoms with van der Waals surface area (Å²) in [6, 6.07) is 4.84. The second-order valence-electron chi connectivity index (χ2n) is 4.35. The molecule has 0 aliphatic rings. The van der Waals surface area contributed by atoms with Crippen LogP contribution in [0.15, 0.2) is 35.1 Å². The first-order valence-electron chi connectivity index (χ1n) is 6.53. The zero-order chi connectivity index (χ0) is 16.1. The number of pyridine rings is 1. The molecule has 0 saturated carbocycles. The number of nitrogens with zero attached hydrogens (tertiary/aromatic N) is 2. The van der Waals surface area contributed by atoms with Crippen molar-refractivity contribution in [3.63, 3.8) is 0 Å². The van der Waals surface area contributed by atoms with Crippen LogP contribution in [0, 0.1) is 0 Å². The molecule has 0 aliphatic carbocycles. The molecule has 0 unspecified atom stereocenters. The highest BCUT2D eigenvalue weighted by molar-refractivity contribution is 9.10. The second-order valence-corrected chi connectivity index (χ2v) is 5.27. The molecular formula is C14H15BrN4O3. The third-order valence-corrected chi connectivity index (χ3v) is 3.22. The molecule has 116 valence electrons. The van der Waals surface area contributed by atoms with Crippen LogP contribution < -0.4 is 15.6 Å². The van der Waals surface area contributed by atoms with Gasteiger partial charge in [0.2, 0.25) is 5.88 Å². The SMILES string of the molecule is CCOc1ncccc1C(=O)NNC(=O)c1cc(Br)cn1C. The smallest absolute Gasteiger partial charge is 0.286 e. The van der Waals surface area contributed by atoms with Crippen LogP contribution in [0.5, 0.6) is 5.88 Å². The van der Waals surface area contributed by atoms with Crippen LogP contribution in [0.4, 0.5) is 0 Å². The maximum Gasteiger partial charge on any atom is 0.286 e. The number of halogens is 1. The van der Waals surface area contributed by atoms with Crippen molar-refractivity contribution in [2.45, 2.75) is 6.92 Å². The predicted molar refractivity (Wildman–Crippen MR) is 83.5 cm³/mol. The summed E-state index contributed by atoms with van der Waals surface area (Å²) in [5.41, 5.74) is 5.36. The Balaban J connectivity index is 2.04. The predicted octanol–water partition coefficient (Wildman–Crippen LogP) is 1.66. The Morgan fingerprint density at radius 3 is 2.73 bits per heavy atom. The third kappa shape index (κ3) is 3.64. The van der Waals surface area contributed by atoms with Crippen LogP contribution >= 0.6 is 15.9 Å². The molecule has 2 heterocycles. The van der Waals surface area contributed by atoms with Gasteiger partial charge in [0.1, 0.15) is 11.3 Å². The van der Waals surface area contributed by atoms with Gasteiger partial charge in [-0.15, -0.1) is 0 Å². The third-order valence-electron chi connectivity index (χ3n) is 2.79. The van der Waals surface area contributed by atoms with Gasteiger partial charge in [0.05, 0.1) is 6.61 Å². The molecule has 0 fully saturated rings. The second kappa shape index (κ2) is 7.08. The Labute approximate surface area is 135 Å². The van der Waals surface area contributed by atoms with Crippen LogP contribution in [0.1, 0.15) is 27.8 Å². The van der Waals surface area contributed by atoms with Gasteiger partial charge in [-0.2, -0.15) is 0 Å². The number of carbonyl (C=O) groups is 2. The molecule has 0 atom stereocenters. The molecule has 8 heteroatoms. The molecule has 0 spiro atoms. The lowest BCUT2D eigenvalue weighted by atomic mass is 10.2. The molecule has 2 aromatic rings. The van der Waals surface area contributed by atoms with Crippen molar-refractivity contribution in [1.82, 2.24) is 20.4 Å². The van der Waals surface area contributed by atoms with Crippen molar-refractivity contribution in [3.8, 4) is 5.88 Å². The molecular weight excluding hydrogens is 352 g/mol. The minimum absolute atomic E-state index is 0.221. The van der Waals surface area contributed by atoms with Crippen molar-refractivity contribution >= 4 is 27.7 Å². The number of aromatic nitrogens is 2. The van der Waals surface area contributed by atoms with Crippen molar-refractivity contribution in [1.29, 1.82) is 0 Å². The lowest BCUT2D eigenvalue weighted by molar-refractivity contribution is 0.0839. The van der Waals surface area contributed by atoms with Gasteiger partial charge in [0.15, 0.2) is 0 Å². The number of rotatable bonds is 4. The zero-order valence-corrected chi connectivity index (χ0v) is 13.7. The molecule has 0 aliphatic heterocycles. The van der Waals surface area contributed by atoms with Crippen molar-refractivity contribution in [3.05, 3.63) is 46.3 Å². The topological polar surface area (TPSA) is 85.2 Å². The largest absolute Gasteiger partial charge is 0.477 e. The highest BCUT2D eigenvalue weighted by atomic mass is 79.9. The molecule has 0 radical (unpaired) electrons. The number of hydrazine groups is 1. The number of ether oxygens (including phenoxy) is 1. The average molecular weight is 367 g/mol. The van der Waals surface area contributed by atoms with Gasteiger partial charge < -0.3 is 9.30 Å². The fourth-order valence-corrected chi connectivity index (χ4v) is 2.33. The molecule has 0 aromatic carbocycles. The zero-order valence-electron chi connectivity index (χ0n) is 12.1. The van der Waals surface area contributed by atoms with Crippen LogP contribution in [-0.2, 0) is 7.05 Å². The monoisotopic (exact) mass is 366 g/mol. The van der Waals surface area contributed by atoms with E-state index in [0.717, 1.165) is 4.47 Å². The first-order valence-corrected chi connectivity index (χ1v) is 7.32. The number of amides is 2. The minimum atomic E-state index is -0.502. The average Bonchev–Trinajstić information content (AvgIpc) is 2.84. The summed E-state index contributed by atoms with van der Waals surface area (Å²) in [5.74, 6) is -0.708. The van der Waals surface area contributed by atoms with Crippen molar-refractivity contribution < 1.29 is 14.3 Å². The number of aryl methyl sites for hydroxylation is 1. The first kappa shape index (κ1) is 16.0. The number of hydrogen-bond acceptors (Lipinski definition) is 4. The number of nitrogens with one attached hydrogen (secondary N) is 2. The number of hydrogen-bond donors (Lipinski definition) is 2. The standard InChI is InChI=1S/C14H15BrN4O3/c1-3-22-14-10(5-4-6-16-14)12(20)17-18-13(21)11-7-9(15)8-19(11)2/h4-8H,3H2,1-2H3,(H,17,20)(H,18,21). The van der Waals surface area contributed by atoms with E-state index in [2.05, 4.69) is 31.8 Å². The van der Waals surface area contributed by atoms with Gasteiger partial charge >= 0.3 is 0 Å². The van der Waals surface area contributed by atoms with Gasteiger partial charge in [-0.05, 0) is 41.1 Å². The molecule has 22 heavy (non-hydrogen) atoms. The number of carbonyl (C=O) groups excluding carboxylic acids is 2. The van der Waals surface area contributed by atoms with Gasteiger partial charge in [0.25, 0.3) is 11.8 Å². The van der Waals surface area contributed by atoms with Gasteiger partial charge in [0, 0.05) is 23.9 Å². The van der Waals surface area contributed by atoms with Gasteiger partial charge in [-0.25, -0.2) is 4.98 Å². The molecule has 0 saturated heterocycles. The molecule has 2 amide bonds. The summed E-state index contributed by atoms with van der Waals surface area (Å²) in [6.45, 7) is 2.19. The first-order chi connectivity index (χ1) is 10.5. The van der Waals surface area contributed by atoms with E-state index >= 15 is 0 Å². The van der Waals surface area contributed by atoms with E-state index in [1.807, 2.05) is 0 Å². The van der Waals surface area contributed by atoms with Crippen LogP contribution in [0.3, 0.4) is 0 Å². The van der Waals surface area contributed by atoms with Crippen LogP contribution in [-0.4, -0.2) is 28.0 Å². The fraction of sp³-hybridized carbons (Fsp3) is 0.214.